The van der Waals surface area contributed by atoms with Crippen molar-refractivity contribution in [3.63, 3.8) is 0 Å². The molecule has 2 aliphatic rings. The van der Waals surface area contributed by atoms with E-state index in [9.17, 15) is 14.4 Å². The molecule has 2 aromatic rings. The number of fused-ring (bicyclic) bond motifs is 1. The van der Waals surface area contributed by atoms with Crippen LogP contribution in [0, 0.1) is 11.8 Å². The lowest BCUT2D eigenvalue weighted by atomic mass is 10.1. The van der Waals surface area contributed by atoms with E-state index in [0.29, 0.717) is 36.5 Å². The maximum atomic E-state index is 12.9. The maximum Gasteiger partial charge on any atom is 0.407 e. The highest BCUT2D eigenvalue weighted by Crippen LogP contribution is 2.45. The average molecular weight is 424 g/mol. The predicted octanol–water partition coefficient (Wildman–Crippen LogP) is 1.38. The third-order valence-electron chi connectivity index (χ3n) is 5.88. The molecule has 2 unspecified atom stereocenters. The number of nitrogens with zero attached hydrogens (tertiary/aromatic N) is 2. The van der Waals surface area contributed by atoms with E-state index < -0.39 is 6.09 Å². The zero-order chi connectivity index (χ0) is 22.1. The number of carbonyl (C=O) groups excluding carboxylic acids is 2. The van der Waals surface area contributed by atoms with Gasteiger partial charge in [0.2, 0.25) is 0 Å². The van der Waals surface area contributed by atoms with E-state index in [-0.39, 0.29) is 35.4 Å². The molecule has 0 spiro atoms. The fourth-order valence-corrected chi connectivity index (χ4v) is 4.18. The molecule has 1 aliphatic heterocycles. The number of hydrogen-bond donors (Lipinski definition) is 3. The molecule has 2 atom stereocenters. The fraction of sp³-hybridized carbons (Fsp3) is 0.364. The highest BCUT2D eigenvalue weighted by Gasteiger charge is 2.57. The summed E-state index contributed by atoms with van der Waals surface area (Å²) in [6, 6.07) is 10.6. The first-order chi connectivity index (χ1) is 14.9. The average Bonchev–Trinajstić information content (AvgIpc) is 3.19. The second kappa shape index (κ2) is 8.25. The van der Waals surface area contributed by atoms with Crippen LogP contribution in [0.5, 0.6) is 5.75 Å². The quantitative estimate of drug-likeness (QED) is 0.644. The Bertz CT molecular complexity index is 1030. The summed E-state index contributed by atoms with van der Waals surface area (Å²) in [5.74, 6) is 0.351. The Labute approximate surface area is 179 Å². The number of ether oxygens (including phenoxy) is 1. The summed E-state index contributed by atoms with van der Waals surface area (Å²) in [5, 5.41) is 14.6. The minimum Gasteiger partial charge on any atom is -0.497 e. The molecule has 1 saturated carbocycles. The number of likely N-dealkylation sites (tertiary alicyclic amines) is 1. The monoisotopic (exact) mass is 424 g/mol. The summed E-state index contributed by atoms with van der Waals surface area (Å²) < 4.78 is 5.25. The Morgan fingerprint density at radius 2 is 1.90 bits per heavy atom. The lowest BCUT2D eigenvalue weighted by Gasteiger charge is -2.16. The van der Waals surface area contributed by atoms with E-state index in [2.05, 4.69) is 15.6 Å². The van der Waals surface area contributed by atoms with E-state index in [0.717, 1.165) is 5.56 Å². The van der Waals surface area contributed by atoms with Crippen molar-refractivity contribution in [1.29, 1.82) is 0 Å². The van der Waals surface area contributed by atoms with Crippen LogP contribution >= 0.6 is 0 Å². The first-order valence-electron chi connectivity index (χ1n) is 10.0. The molecule has 2 heterocycles. The zero-order valence-corrected chi connectivity index (χ0v) is 17.3. The van der Waals surface area contributed by atoms with Crippen molar-refractivity contribution in [2.45, 2.75) is 12.5 Å². The van der Waals surface area contributed by atoms with Crippen LogP contribution in [0.3, 0.4) is 0 Å². The van der Waals surface area contributed by atoms with Crippen molar-refractivity contribution in [3.05, 3.63) is 58.9 Å². The van der Waals surface area contributed by atoms with E-state index >= 15 is 0 Å². The van der Waals surface area contributed by atoms with Crippen LogP contribution < -0.4 is 15.4 Å². The molecule has 1 aliphatic carbocycles. The van der Waals surface area contributed by atoms with Gasteiger partial charge in [-0.3, -0.25) is 9.59 Å². The summed E-state index contributed by atoms with van der Waals surface area (Å²) >= 11 is 0. The van der Waals surface area contributed by atoms with E-state index in [1.54, 1.807) is 13.2 Å². The largest absolute Gasteiger partial charge is 0.497 e. The van der Waals surface area contributed by atoms with Crippen LogP contribution in [0.1, 0.15) is 32.1 Å². The Morgan fingerprint density at radius 1 is 1.16 bits per heavy atom. The smallest absolute Gasteiger partial charge is 0.407 e. The maximum absolute atomic E-state index is 12.9. The van der Waals surface area contributed by atoms with Crippen molar-refractivity contribution in [3.8, 4) is 5.75 Å². The van der Waals surface area contributed by atoms with Gasteiger partial charge in [0.1, 0.15) is 11.4 Å². The number of piperidine rings is 1. The minimum absolute atomic E-state index is 0.0402. The van der Waals surface area contributed by atoms with Crippen molar-refractivity contribution in [2.24, 2.45) is 11.8 Å². The molecule has 3 N–H and O–H groups in total. The van der Waals surface area contributed by atoms with Gasteiger partial charge in [-0.15, -0.1) is 0 Å². The van der Waals surface area contributed by atoms with Gasteiger partial charge in [0, 0.05) is 55.7 Å². The summed E-state index contributed by atoms with van der Waals surface area (Å²) in [7, 11) is 3.10. The molecule has 31 heavy (non-hydrogen) atoms. The summed E-state index contributed by atoms with van der Waals surface area (Å²) in [4.78, 5) is 41.9. The number of aromatic nitrogens is 1. The highest BCUT2D eigenvalue weighted by atomic mass is 16.5. The number of amides is 3. The van der Waals surface area contributed by atoms with Gasteiger partial charge in [-0.05, 0) is 29.8 Å². The van der Waals surface area contributed by atoms with Crippen LogP contribution in [0.25, 0.3) is 0 Å². The molecule has 4 rings (SSSR count). The molecular weight excluding hydrogens is 400 g/mol. The number of carbonyl (C=O) groups is 3. The molecule has 9 heteroatoms. The van der Waals surface area contributed by atoms with E-state index in [1.165, 1.54) is 18.0 Å². The molecule has 1 aromatic carbocycles. The fourth-order valence-electron chi connectivity index (χ4n) is 4.18. The van der Waals surface area contributed by atoms with Crippen molar-refractivity contribution in [2.75, 3.05) is 27.2 Å². The highest BCUT2D eigenvalue weighted by molar-refractivity contribution is 5.99. The van der Waals surface area contributed by atoms with Crippen LogP contribution in [0.2, 0.25) is 0 Å². The minimum atomic E-state index is -0.927. The molecule has 2 fully saturated rings. The lowest BCUT2D eigenvalue weighted by Crippen LogP contribution is -2.36. The first kappa shape index (κ1) is 20.6. The number of methoxy groups -OCH3 is 1. The van der Waals surface area contributed by atoms with Crippen LogP contribution in [0.4, 0.5) is 4.79 Å². The van der Waals surface area contributed by atoms with Gasteiger partial charge < -0.3 is 25.4 Å². The number of nitrogens with one attached hydrogen (secondary N) is 2. The number of benzene rings is 1. The van der Waals surface area contributed by atoms with E-state index in [4.69, 9.17) is 9.84 Å². The second-order valence-corrected chi connectivity index (χ2v) is 7.85. The number of hydrogen-bond acceptors (Lipinski definition) is 5. The van der Waals surface area contributed by atoms with Crippen LogP contribution in [-0.2, 0) is 6.42 Å². The van der Waals surface area contributed by atoms with Gasteiger partial charge >= 0.3 is 6.09 Å². The van der Waals surface area contributed by atoms with Crippen LogP contribution in [0.15, 0.2) is 36.4 Å². The van der Waals surface area contributed by atoms with Crippen molar-refractivity contribution in [1.82, 2.24) is 20.5 Å². The van der Waals surface area contributed by atoms with Gasteiger partial charge in [-0.1, -0.05) is 12.1 Å². The lowest BCUT2D eigenvalue weighted by molar-refractivity contribution is 0.0943. The Kier molecular flexibility index (Phi) is 5.50. The topological polar surface area (TPSA) is 121 Å². The van der Waals surface area contributed by atoms with Gasteiger partial charge in [0.05, 0.1) is 7.11 Å². The number of rotatable bonds is 6. The summed E-state index contributed by atoms with van der Waals surface area (Å²) in [6.07, 6.45) is -0.492. The van der Waals surface area contributed by atoms with Gasteiger partial charge in [-0.2, -0.15) is 0 Å². The number of pyridine rings is 1. The molecule has 1 aromatic heterocycles. The molecule has 9 nitrogen and oxygen atoms in total. The summed E-state index contributed by atoms with van der Waals surface area (Å²) in [6.45, 7) is 0.873. The van der Waals surface area contributed by atoms with E-state index in [1.807, 2.05) is 24.3 Å². The Hall–Kier alpha value is -3.62. The number of carboxylic acid groups (broad SMARTS) is 1. The van der Waals surface area contributed by atoms with Gasteiger partial charge in [0.15, 0.2) is 0 Å². The normalized spacial score (nSPS) is 21.2. The van der Waals surface area contributed by atoms with Crippen LogP contribution in [-0.4, -0.2) is 66.2 Å². The Balaban J connectivity index is 1.51. The zero-order valence-electron chi connectivity index (χ0n) is 17.3. The molecule has 0 radical (unpaired) electrons. The molecular formula is C22H24N4O5. The summed E-state index contributed by atoms with van der Waals surface area (Å²) in [5.41, 5.74) is 2.05. The molecule has 162 valence electrons. The first-order valence-corrected chi connectivity index (χ1v) is 10.0. The van der Waals surface area contributed by atoms with Gasteiger partial charge in [-0.25, -0.2) is 9.78 Å². The third kappa shape index (κ3) is 4.30. The molecule has 1 saturated heterocycles. The standard InChI is InChI=1S/C22H24N4O5/c1-23-21(28)18-9-13(8-14(24-18)6-12-4-3-5-15(7-12)31-2)20(27)25-19-16-10-26(22(29)30)11-17(16)19/h3-5,7-9,16-17,19H,6,10-11H2,1-2H3,(H,23,28)(H,25,27)(H,29,30). The van der Waals surface area contributed by atoms with Gasteiger partial charge in [0.25, 0.3) is 11.8 Å². The predicted molar refractivity (Wildman–Crippen MR) is 111 cm³/mol. The molecule has 0 bridgehead atoms. The Morgan fingerprint density at radius 3 is 2.55 bits per heavy atom. The third-order valence-corrected chi connectivity index (χ3v) is 5.88. The SMILES string of the molecule is CNC(=O)c1cc(C(=O)NC2C3CN(C(=O)O)CC32)cc(Cc2cccc(OC)c2)n1. The second-order valence-electron chi connectivity index (χ2n) is 7.85. The van der Waals surface area contributed by atoms with Crippen molar-refractivity contribution >= 4 is 17.9 Å². The molecule has 3 amide bonds. The van der Waals surface area contributed by atoms with Crippen molar-refractivity contribution < 1.29 is 24.2 Å².